The van der Waals surface area contributed by atoms with Crippen LogP contribution in [0, 0.1) is 6.57 Å². The lowest BCUT2D eigenvalue weighted by Gasteiger charge is -2.35. The minimum Gasteiger partial charge on any atom is -0.317 e. The molecule has 0 amide bonds. The molecule has 1 fully saturated rings. The number of halogens is 3. The minimum atomic E-state index is -4.33. The summed E-state index contributed by atoms with van der Waals surface area (Å²) in [7, 11) is 0. The third-order valence-corrected chi connectivity index (χ3v) is 4.24. The summed E-state index contributed by atoms with van der Waals surface area (Å²) in [6, 6.07) is 6.08. The monoisotopic (exact) mass is 325 g/mol. The molecule has 0 unspecified atom stereocenters. The van der Waals surface area contributed by atoms with E-state index in [0.29, 0.717) is 31.6 Å². The summed E-state index contributed by atoms with van der Waals surface area (Å²) in [5.41, 5.74) is -0.231. The fourth-order valence-corrected chi connectivity index (χ4v) is 3.07. The standard InChI is InChI=1S/C17H22F3N3/c1-21-9-4-12-23(15-7-10-22-11-8-15)13-14-5-2-3-6-16(14)17(18,19)20/h2-3,5-6,15,22H,4,7-13H2. The zero-order valence-electron chi connectivity index (χ0n) is 13.1. The second-order valence-electron chi connectivity index (χ2n) is 5.84. The SMILES string of the molecule is [C-]#[N+]CCCN(Cc1ccccc1C(F)(F)F)C1CCNCC1. The molecule has 1 aliphatic heterocycles. The lowest BCUT2D eigenvalue weighted by atomic mass is 10.0. The number of hydrogen-bond donors (Lipinski definition) is 1. The molecular weight excluding hydrogens is 303 g/mol. The van der Waals surface area contributed by atoms with E-state index in [1.165, 1.54) is 6.07 Å². The van der Waals surface area contributed by atoms with Crippen molar-refractivity contribution in [2.75, 3.05) is 26.2 Å². The van der Waals surface area contributed by atoms with Crippen LogP contribution in [-0.4, -0.2) is 37.1 Å². The summed E-state index contributed by atoms with van der Waals surface area (Å²) < 4.78 is 39.5. The summed E-state index contributed by atoms with van der Waals surface area (Å²) in [5, 5.41) is 3.28. The van der Waals surface area contributed by atoms with Crippen LogP contribution in [0.5, 0.6) is 0 Å². The first-order chi connectivity index (χ1) is 11.0. The average Bonchev–Trinajstić information content (AvgIpc) is 2.54. The van der Waals surface area contributed by atoms with Gasteiger partial charge in [0.15, 0.2) is 0 Å². The molecule has 0 bridgehead atoms. The molecule has 1 aliphatic rings. The van der Waals surface area contributed by atoms with E-state index in [4.69, 9.17) is 6.57 Å². The van der Waals surface area contributed by atoms with Crippen molar-refractivity contribution in [1.82, 2.24) is 10.2 Å². The first-order valence-electron chi connectivity index (χ1n) is 7.95. The molecule has 126 valence electrons. The number of nitrogens with one attached hydrogen (secondary N) is 1. The van der Waals surface area contributed by atoms with E-state index >= 15 is 0 Å². The predicted octanol–water partition coefficient (Wildman–Crippen LogP) is 3.57. The molecule has 1 N–H and O–H groups in total. The molecule has 0 atom stereocenters. The number of rotatable bonds is 6. The Morgan fingerprint density at radius 3 is 2.57 bits per heavy atom. The maximum atomic E-state index is 13.2. The molecule has 0 aliphatic carbocycles. The number of benzene rings is 1. The van der Waals surface area contributed by atoms with Crippen molar-refractivity contribution in [2.24, 2.45) is 0 Å². The smallest absolute Gasteiger partial charge is 0.317 e. The maximum absolute atomic E-state index is 13.2. The van der Waals surface area contributed by atoms with Gasteiger partial charge in [-0.3, -0.25) is 4.90 Å². The van der Waals surface area contributed by atoms with Gasteiger partial charge in [0, 0.05) is 25.6 Å². The second-order valence-corrected chi connectivity index (χ2v) is 5.84. The van der Waals surface area contributed by atoms with Crippen LogP contribution in [0.1, 0.15) is 30.4 Å². The van der Waals surface area contributed by atoms with Gasteiger partial charge in [-0.15, -0.1) is 0 Å². The Labute approximate surface area is 135 Å². The lowest BCUT2D eigenvalue weighted by Crippen LogP contribution is -2.43. The summed E-state index contributed by atoms with van der Waals surface area (Å²) >= 11 is 0. The Morgan fingerprint density at radius 2 is 1.91 bits per heavy atom. The highest BCUT2D eigenvalue weighted by molar-refractivity contribution is 5.29. The molecule has 1 heterocycles. The largest absolute Gasteiger partial charge is 0.416 e. The molecule has 2 rings (SSSR count). The fraction of sp³-hybridized carbons (Fsp3) is 0.588. The van der Waals surface area contributed by atoms with Gasteiger partial charge in [0.1, 0.15) is 0 Å². The van der Waals surface area contributed by atoms with Crippen molar-refractivity contribution < 1.29 is 13.2 Å². The van der Waals surface area contributed by atoms with Gasteiger partial charge in [-0.25, -0.2) is 6.57 Å². The molecule has 6 heteroatoms. The van der Waals surface area contributed by atoms with E-state index in [1.807, 2.05) is 0 Å². The molecule has 23 heavy (non-hydrogen) atoms. The van der Waals surface area contributed by atoms with Gasteiger partial charge >= 0.3 is 6.18 Å². The van der Waals surface area contributed by atoms with E-state index in [1.54, 1.807) is 12.1 Å². The molecule has 0 aromatic heterocycles. The number of piperidine rings is 1. The van der Waals surface area contributed by atoms with Crippen LogP contribution in [-0.2, 0) is 12.7 Å². The summed E-state index contributed by atoms with van der Waals surface area (Å²) in [6.45, 7) is 10.0. The first kappa shape index (κ1) is 17.8. The molecule has 0 saturated carbocycles. The van der Waals surface area contributed by atoms with Crippen LogP contribution >= 0.6 is 0 Å². The summed E-state index contributed by atoms with van der Waals surface area (Å²) in [5.74, 6) is 0. The number of alkyl halides is 3. The van der Waals surface area contributed by atoms with Crippen molar-refractivity contribution in [2.45, 2.75) is 38.0 Å². The van der Waals surface area contributed by atoms with Gasteiger partial charge in [0.25, 0.3) is 0 Å². The van der Waals surface area contributed by atoms with Crippen LogP contribution in [0.2, 0.25) is 0 Å². The van der Waals surface area contributed by atoms with Crippen molar-refractivity contribution in [3.8, 4) is 0 Å². The molecule has 0 spiro atoms. The van der Waals surface area contributed by atoms with E-state index in [2.05, 4.69) is 15.1 Å². The highest BCUT2D eigenvalue weighted by Crippen LogP contribution is 2.33. The predicted molar refractivity (Wildman–Crippen MR) is 83.8 cm³/mol. The van der Waals surface area contributed by atoms with Crippen LogP contribution in [0.4, 0.5) is 13.2 Å². The maximum Gasteiger partial charge on any atom is 0.416 e. The summed E-state index contributed by atoms with van der Waals surface area (Å²) in [6.07, 6.45) is -1.76. The van der Waals surface area contributed by atoms with Crippen molar-refractivity contribution in [1.29, 1.82) is 0 Å². The molecule has 1 aromatic rings. The second kappa shape index (κ2) is 8.32. The first-order valence-corrected chi connectivity index (χ1v) is 7.95. The van der Waals surface area contributed by atoms with Crippen molar-refractivity contribution in [3.05, 3.63) is 46.8 Å². The number of nitrogens with zero attached hydrogens (tertiary/aromatic N) is 2. The topological polar surface area (TPSA) is 19.6 Å². The molecule has 1 aromatic carbocycles. The lowest BCUT2D eigenvalue weighted by molar-refractivity contribution is -0.138. The van der Waals surface area contributed by atoms with Crippen LogP contribution in [0.3, 0.4) is 0 Å². The Kier molecular flexibility index (Phi) is 6.43. The third kappa shape index (κ3) is 5.22. The Balaban J connectivity index is 2.15. The normalized spacial score (nSPS) is 16.5. The molecule has 3 nitrogen and oxygen atoms in total. The highest BCUT2D eigenvalue weighted by atomic mass is 19.4. The van der Waals surface area contributed by atoms with Gasteiger partial charge in [-0.2, -0.15) is 13.2 Å². The van der Waals surface area contributed by atoms with E-state index < -0.39 is 11.7 Å². The molecular formula is C17H22F3N3. The van der Waals surface area contributed by atoms with Gasteiger partial charge in [-0.1, -0.05) is 18.2 Å². The van der Waals surface area contributed by atoms with Crippen molar-refractivity contribution in [3.63, 3.8) is 0 Å². The Morgan fingerprint density at radius 1 is 1.22 bits per heavy atom. The zero-order chi connectivity index (χ0) is 16.7. The van der Waals surface area contributed by atoms with Gasteiger partial charge in [0.2, 0.25) is 6.54 Å². The quantitative estimate of drug-likeness (QED) is 0.637. The van der Waals surface area contributed by atoms with Crippen LogP contribution in [0.25, 0.3) is 4.85 Å². The van der Waals surface area contributed by atoms with E-state index in [9.17, 15) is 13.2 Å². The number of hydrogen-bond acceptors (Lipinski definition) is 2. The van der Waals surface area contributed by atoms with Crippen molar-refractivity contribution >= 4 is 0 Å². The third-order valence-electron chi connectivity index (χ3n) is 4.24. The van der Waals surface area contributed by atoms with E-state index in [-0.39, 0.29) is 6.04 Å². The summed E-state index contributed by atoms with van der Waals surface area (Å²) in [4.78, 5) is 5.47. The zero-order valence-corrected chi connectivity index (χ0v) is 13.1. The molecule has 1 saturated heterocycles. The van der Waals surface area contributed by atoms with Crippen LogP contribution in [0.15, 0.2) is 24.3 Å². The van der Waals surface area contributed by atoms with E-state index in [0.717, 1.165) is 32.0 Å². The molecule has 0 radical (unpaired) electrons. The average molecular weight is 325 g/mol. The Bertz CT molecular complexity index is 531. The van der Waals surface area contributed by atoms with Gasteiger partial charge in [0.05, 0.1) is 5.56 Å². The van der Waals surface area contributed by atoms with Crippen LogP contribution < -0.4 is 5.32 Å². The van der Waals surface area contributed by atoms with Gasteiger partial charge in [-0.05, 0) is 37.6 Å². The minimum absolute atomic E-state index is 0.281. The Hall–Kier alpha value is -1.58. The highest BCUT2D eigenvalue weighted by Gasteiger charge is 2.33. The fourth-order valence-electron chi connectivity index (χ4n) is 3.07. The van der Waals surface area contributed by atoms with Gasteiger partial charge < -0.3 is 10.2 Å².